The molecule has 3 nitrogen and oxygen atoms in total. The lowest BCUT2D eigenvalue weighted by Crippen LogP contribution is -2.28. The van der Waals surface area contributed by atoms with Gasteiger partial charge < -0.3 is 4.90 Å². The van der Waals surface area contributed by atoms with Gasteiger partial charge in [-0.25, -0.2) is 4.99 Å². The summed E-state index contributed by atoms with van der Waals surface area (Å²) in [6.07, 6.45) is 12.8. The Bertz CT molecular complexity index is 831. The Morgan fingerprint density at radius 2 is 2.20 bits per heavy atom. The number of aromatic nitrogens is 1. The fraction of sp³-hybridized carbons (Fsp3) is 0.182. The third-order valence-corrected chi connectivity index (χ3v) is 4.32. The maximum atomic E-state index is 5.01. The molecule has 1 aromatic heterocycles. The van der Waals surface area contributed by atoms with Gasteiger partial charge >= 0.3 is 0 Å². The van der Waals surface area contributed by atoms with Crippen LogP contribution >= 0.6 is 0 Å². The lowest BCUT2D eigenvalue weighted by atomic mass is 9.97. The van der Waals surface area contributed by atoms with Gasteiger partial charge in [-0.2, -0.15) is 0 Å². The number of rotatable bonds is 4. The molecule has 0 fully saturated rings. The zero-order valence-corrected chi connectivity index (χ0v) is 14.8. The van der Waals surface area contributed by atoms with E-state index in [0.717, 1.165) is 29.2 Å². The molecule has 2 aromatic rings. The highest BCUT2D eigenvalue weighted by Gasteiger charge is 2.17. The maximum Gasteiger partial charge on any atom is 0.141 e. The van der Waals surface area contributed by atoms with Gasteiger partial charge in [-0.3, -0.25) is 4.98 Å². The molecule has 1 aliphatic rings. The van der Waals surface area contributed by atoms with Crippen LogP contribution in [0.1, 0.15) is 17.5 Å². The Morgan fingerprint density at radius 1 is 1.32 bits per heavy atom. The number of hydrogen-bond donors (Lipinski definition) is 0. The molecule has 0 aliphatic heterocycles. The molecule has 0 radical (unpaired) electrons. The van der Waals surface area contributed by atoms with Crippen LogP contribution in [0.25, 0.3) is 0 Å². The predicted octanol–water partition coefficient (Wildman–Crippen LogP) is 4.92. The second-order valence-electron chi connectivity index (χ2n) is 6.17. The van der Waals surface area contributed by atoms with Gasteiger partial charge in [0, 0.05) is 42.3 Å². The Hall–Kier alpha value is -2.94. The molecule has 0 N–H and O–H groups in total. The average molecular weight is 329 g/mol. The third kappa shape index (κ3) is 3.94. The highest BCUT2D eigenvalue weighted by Crippen LogP contribution is 2.25. The standard InChI is InChI=1S/C22H23N3/c1-4-18-10-5-6-13-21(18)24-22(19-11-8-14-23-16-19)25(3)20-12-7-9-17(2)15-20/h4-9,11-16,18H,1,10H2,2-3H3/b24-22-. The zero-order valence-electron chi connectivity index (χ0n) is 14.8. The van der Waals surface area contributed by atoms with Crippen molar-refractivity contribution in [1.82, 2.24) is 4.98 Å². The van der Waals surface area contributed by atoms with Crippen molar-refractivity contribution in [3.8, 4) is 0 Å². The maximum absolute atomic E-state index is 5.01. The number of benzene rings is 1. The van der Waals surface area contributed by atoms with Gasteiger partial charge in [0.25, 0.3) is 0 Å². The summed E-state index contributed by atoms with van der Waals surface area (Å²) in [6, 6.07) is 12.4. The lowest BCUT2D eigenvalue weighted by Gasteiger charge is -2.24. The van der Waals surface area contributed by atoms with Crippen molar-refractivity contribution in [2.24, 2.45) is 10.9 Å². The minimum atomic E-state index is 0.239. The lowest BCUT2D eigenvalue weighted by molar-refractivity contribution is 0.755. The van der Waals surface area contributed by atoms with Crippen LogP contribution < -0.4 is 4.90 Å². The number of pyridine rings is 1. The minimum Gasteiger partial charge on any atom is -0.329 e. The molecule has 126 valence electrons. The van der Waals surface area contributed by atoms with Gasteiger partial charge in [-0.05, 0) is 49.2 Å². The van der Waals surface area contributed by atoms with Gasteiger partial charge in [-0.15, -0.1) is 6.58 Å². The molecule has 0 saturated heterocycles. The molecule has 3 rings (SSSR count). The first-order chi connectivity index (χ1) is 12.2. The molecule has 3 heteroatoms. The molecule has 1 aromatic carbocycles. The second-order valence-corrected chi connectivity index (χ2v) is 6.17. The first kappa shape index (κ1) is 16.9. The van der Waals surface area contributed by atoms with Crippen LogP contribution in [0.2, 0.25) is 0 Å². The van der Waals surface area contributed by atoms with Crippen LogP contribution in [-0.4, -0.2) is 17.9 Å². The highest BCUT2D eigenvalue weighted by atomic mass is 15.2. The molecule has 0 amide bonds. The van der Waals surface area contributed by atoms with Gasteiger partial charge in [0.15, 0.2) is 0 Å². The van der Waals surface area contributed by atoms with E-state index in [9.17, 15) is 0 Å². The van der Waals surface area contributed by atoms with Crippen molar-refractivity contribution in [2.45, 2.75) is 13.3 Å². The zero-order chi connectivity index (χ0) is 17.6. The summed E-state index contributed by atoms with van der Waals surface area (Å²) < 4.78 is 0. The summed E-state index contributed by atoms with van der Waals surface area (Å²) in [5, 5.41) is 0. The summed E-state index contributed by atoms with van der Waals surface area (Å²) in [6.45, 7) is 6.06. The van der Waals surface area contributed by atoms with Crippen LogP contribution in [0.4, 0.5) is 5.69 Å². The summed E-state index contributed by atoms with van der Waals surface area (Å²) in [5.41, 5.74) is 4.34. The number of aryl methyl sites for hydroxylation is 1. The normalized spacial score (nSPS) is 17.1. The summed E-state index contributed by atoms with van der Waals surface area (Å²) >= 11 is 0. The molecule has 25 heavy (non-hydrogen) atoms. The Morgan fingerprint density at radius 3 is 2.92 bits per heavy atom. The van der Waals surface area contributed by atoms with Crippen LogP contribution in [0, 0.1) is 12.8 Å². The fourth-order valence-corrected chi connectivity index (χ4v) is 2.88. The summed E-state index contributed by atoms with van der Waals surface area (Å²) in [7, 11) is 2.04. The van der Waals surface area contributed by atoms with Crippen LogP contribution in [0.5, 0.6) is 0 Å². The van der Waals surface area contributed by atoms with Gasteiger partial charge in [0.1, 0.15) is 5.84 Å². The van der Waals surface area contributed by atoms with E-state index < -0.39 is 0 Å². The van der Waals surface area contributed by atoms with Crippen LogP contribution in [0.3, 0.4) is 0 Å². The van der Waals surface area contributed by atoms with Crippen molar-refractivity contribution in [3.05, 3.63) is 96.5 Å². The second kappa shape index (κ2) is 7.75. The van der Waals surface area contributed by atoms with E-state index >= 15 is 0 Å². The number of nitrogens with zero attached hydrogens (tertiary/aromatic N) is 3. The first-order valence-corrected chi connectivity index (χ1v) is 8.48. The molecule has 1 unspecified atom stereocenters. The van der Waals surface area contributed by atoms with E-state index in [4.69, 9.17) is 4.99 Å². The molecule has 1 atom stereocenters. The van der Waals surface area contributed by atoms with Crippen molar-refractivity contribution in [3.63, 3.8) is 0 Å². The average Bonchev–Trinajstić information content (AvgIpc) is 2.66. The fourth-order valence-electron chi connectivity index (χ4n) is 2.88. The molecule has 1 aliphatic carbocycles. The molecule has 1 heterocycles. The van der Waals surface area contributed by atoms with E-state index in [1.54, 1.807) is 6.20 Å². The minimum absolute atomic E-state index is 0.239. The SMILES string of the molecule is C=CC1CC=CC=C1/N=C(/c1cccnc1)N(C)c1cccc(C)c1. The van der Waals surface area contributed by atoms with E-state index in [1.165, 1.54) is 5.56 Å². The molecular weight excluding hydrogens is 306 g/mol. The Labute approximate surface area is 149 Å². The summed E-state index contributed by atoms with van der Waals surface area (Å²) in [5.74, 6) is 1.12. The first-order valence-electron chi connectivity index (χ1n) is 8.48. The molecular formula is C22H23N3. The topological polar surface area (TPSA) is 28.5 Å². The van der Waals surface area contributed by atoms with Crippen LogP contribution in [0.15, 0.2) is 90.4 Å². The van der Waals surface area contributed by atoms with Gasteiger partial charge in [0.05, 0.1) is 0 Å². The quantitative estimate of drug-likeness (QED) is 0.452. The van der Waals surface area contributed by atoms with Crippen LogP contribution in [-0.2, 0) is 0 Å². The largest absolute Gasteiger partial charge is 0.329 e. The van der Waals surface area contributed by atoms with Crippen molar-refractivity contribution >= 4 is 11.5 Å². The number of hydrogen-bond acceptors (Lipinski definition) is 2. The molecule has 0 bridgehead atoms. The van der Waals surface area contributed by atoms with E-state index in [2.05, 4.69) is 65.9 Å². The Balaban J connectivity index is 2.07. The summed E-state index contributed by atoms with van der Waals surface area (Å²) in [4.78, 5) is 11.4. The van der Waals surface area contributed by atoms with Crippen molar-refractivity contribution in [2.75, 3.05) is 11.9 Å². The molecule has 0 spiro atoms. The third-order valence-electron chi connectivity index (χ3n) is 4.32. The number of aliphatic imine (C=N–C) groups is 1. The van der Waals surface area contributed by atoms with Crippen molar-refractivity contribution in [1.29, 1.82) is 0 Å². The van der Waals surface area contributed by atoms with Gasteiger partial charge in [0.2, 0.25) is 0 Å². The van der Waals surface area contributed by atoms with Crippen molar-refractivity contribution < 1.29 is 0 Å². The molecule has 0 saturated carbocycles. The number of amidine groups is 1. The number of allylic oxidation sites excluding steroid dienone is 4. The van der Waals surface area contributed by atoms with E-state index in [1.807, 2.05) is 31.5 Å². The Kier molecular flexibility index (Phi) is 5.24. The van der Waals surface area contributed by atoms with Gasteiger partial charge in [-0.1, -0.05) is 30.4 Å². The predicted molar refractivity (Wildman–Crippen MR) is 106 cm³/mol. The van der Waals surface area contributed by atoms with E-state index in [-0.39, 0.29) is 5.92 Å². The smallest absolute Gasteiger partial charge is 0.141 e. The number of anilines is 1. The highest BCUT2D eigenvalue weighted by molar-refractivity contribution is 6.10. The monoisotopic (exact) mass is 329 g/mol. The van der Waals surface area contributed by atoms with E-state index in [0.29, 0.717) is 0 Å².